The molecule has 1 amide bonds. The van der Waals surface area contributed by atoms with E-state index in [4.69, 9.17) is 10.5 Å². The van der Waals surface area contributed by atoms with Gasteiger partial charge in [0.25, 0.3) is 0 Å². The fourth-order valence-corrected chi connectivity index (χ4v) is 3.06. The van der Waals surface area contributed by atoms with E-state index in [-0.39, 0.29) is 18.6 Å². The van der Waals surface area contributed by atoms with E-state index in [0.29, 0.717) is 13.2 Å². The third kappa shape index (κ3) is 4.07. The molecular weight excluding hydrogens is 294 g/mol. The van der Waals surface area contributed by atoms with E-state index in [9.17, 15) is 4.79 Å². The van der Waals surface area contributed by atoms with E-state index in [0.717, 1.165) is 25.2 Å². The first-order chi connectivity index (χ1) is 11.1. The van der Waals surface area contributed by atoms with E-state index in [1.807, 2.05) is 41.0 Å². The highest BCUT2D eigenvalue weighted by Crippen LogP contribution is 2.15. The van der Waals surface area contributed by atoms with Gasteiger partial charge in [0.1, 0.15) is 0 Å². The minimum Gasteiger partial charge on any atom is -0.374 e. The zero-order valence-electron chi connectivity index (χ0n) is 13.4. The van der Waals surface area contributed by atoms with Crippen LogP contribution in [0.2, 0.25) is 0 Å². The largest absolute Gasteiger partial charge is 0.374 e. The Labute approximate surface area is 135 Å². The summed E-state index contributed by atoms with van der Waals surface area (Å²) in [4.78, 5) is 15.3. The first-order valence-corrected chi connectivity index (χ1v) is 7.84. The highest BCUT2D eigenvalue weighted by atomic mass is 16.5. The predicted molar refractivity (Wildman–Crippen MR) is 86.9 cm³/mol. The number of fused-ring (bicyclic) bond motifs is 1. The Hall–Kier alpha value is -1.96. The Balaban J connectivity index is 1.59. The molecule has 7 nitrogen and oxygen atoms in total. The third-order valence-electron chi connectivity index (χ3n) is 4.06. The predicted octanol–water partition coefficient (Wildman–Crippen LogP) is -0.0478. The molecule has 23 heavy (non-hydrogen) atoms. The molecule has 1 aliphatic heterocycles. The highest BCUT2D eigenvalue weighted by molar-refractivity contribution is 5.75. The van der Waals surface area contributed by atoms with Gasteiger partial charge < -0.3 is 10.5 Å². The second-order valence-electron chi connectivity index (χ2n) is 6.09. The van der Waals surface area contributed by atoms with Crippen LogP contribution in [0.3, 0.4) is 0 Å². The quantitative estimate of drug-likeness (QED) is 0.808. The van der Waals surface area contributed by atoms with Crippen LogP contribution in [-0.4, -0.2) is 71.3 Å². The van der Waals surface area contributed by atoms with Crippen molar-refractivity contribution in [2.45, 2.75) is 12.6 Å². The van der Waals surface area contributed by atoms with E-state index < -0.39 is 0 Å². The number of ether oxygens (including phenoxy) is 1. The Morgan fingerprint density at radius 3 is 3.22 bits per heavy atom. The summed E-state index contributed by atoms with van der Waals surface area (Å²) in [6, 6.07) is 6.09. The van der Waals surface area contributed by atoms with Crippen molar-refractivity contribution < 1.29 is 9.53 Å². The summed E-state index contributed by atoms with van der Waals surface area (Å²) in [5, 5.41) is 4.38. The molecule has 2 aromatic heterocycles. The van der Waals surface area contributed by atoms with Gasteiger partial charge in [-0.3, -0.25) is 14.6 Å². The van der Waals surface area contributed by atoms with Crippen LogP contribution in [0.1, 0.15) is 5.56 Å². The number of carbonyl (C=O) groups is 1. The average Bonchev–Trinajstić information content (AvgIpc) is 2.90. The number of primary amides is 1. The number of likely N-dealkylation sites (N-methyl/N-ethyl adjacent to an activating group) is 1. The van der Waals surface area contributed by atoms with Crippen molar-refractivity contribution in [1.29, 1.82) is 0 Å². The van der Waals surface area contributed by atoms with Gasteiger partial charge in [-0.05, 0) is 19.2 Å². The first-order valence-electron chi connectivity index (χ1n) is 7.84. The molecule has 0 spiro atoms. The van der Waals surface area contributed by atoms with Crippen LogP contribution in [0.25, 0.3) is 5.52 Å². The van der Waals surface area contributed by atoms with Gasteiger partial charge in [-0.2, -0.15) is 5.10 Å². The van der Waals surface area contributed by atoms with Gasteiger partial charge in [0.05, 0.1) is 31.0 Å². The number of hydrogen-bond acceptors (Lipinski definition) is 5. The number of carbonyl (C=O) groups excluding carboxylic acids is 1. The van der Waals surface area contributed by atoms with E-state index in [1.54, 1.807) is 0 Å². The van der Waals surface area contributed by atoms with E-state index >= 15 is 0 Å². The molecule has 0 unspecified atom stereocenters. The van der Waals surface area contributed by atoms with E-state index in [1.165, 1.54) is 5.56 Å². The Morgan fingerprint density at radius 1 is 1.52 bits per heavy atom. The first kappa shape index (κ1) is 15.9. The Kier molecular flexibility index (Phi) is 4.90. The molecule has 1 saturated heterocycles. The van der Waals surface area contributed by atoms with Crippen molar-refractivity contribution in [3.05, 3.63) is 36.2 Å². The maximum atomic E-state index is 11.0. The van der Waals surface area contributed by atoms with Crippen molar-refractivity contribution in [3.8, 4) is 0 Å². The van der Waals surface area contributed by atoms with Crippen LogP contribution in [0, 0.1) is 0 Å². The van der Waals surface area contributed by atoms with Crippen molar-refractivity contribution in [2.75, 3.05) is 39.8 Å². The fourth-order valence-electron chi connectivity index (χ4n) is 3.06. The lowest BCUT2D eigenvalue weighted by Gasteiger charge is -2.34. The smallest absolute Gasteiger partial charge is 0.231 e. The molecule has 1 atom stereocenters. The van der Waals surface area contributed by atoms with Gasteiger partial charge in [-0.15, -0.1) is 0 Å². The van der Waals surface area contributed by atoms with Crippen LogP contribution in [0.15, 0.2) is 30.6 Å². The molecule has 7 heteroatoms. The SMILES string of the molecule is CN(CC(N)=O)C[C@H]1CN(Cc2cnn3ccccc23)CCO1. The lowest BCUT2D eigenvalue weighted by atomic mass is 10.2. The van der Waals surface area contributed by atoms with Crippen LogP contribution in [0.4, 0.5) is 0 Å². The molecule has 3 heterocycles. The van der Waals surface area contributed by atoms with E-state index in [2.05, 4.69) is 16.1 Å². The number of amides is 1. The number of nitrogens with zero attached hydrogens (tertiary/aromatic N) is 4. The topological polar surface area (TPSA) is 76.1 Å². The summed E-state index contributed by atoms with van der Waals surface area (Å²) in [7, 11) is 1.89. The molecular formula is C16H23N5O2. The molecule has 3 rings (SSSR count). The number of nitrogens with two attached hydrogens (primary N) is 1. The average molecular weight is 317 g/mol. The lowest BCUT2D eigenvalue weighted by molar-refractivity contribution is -0.119. The summed E-state index contributed by atoms with van der Waals surface area (Å²) in [6.07, 6.45) is 3.98. The van der Waals surface area contributed by atoms with Gasteiger partial charge in [-0.1, -0.05) is 6.07 Å². The van der Waals surface area contributed by atoms with Gasteiger partial charge >= 0.3 is 0 Å². The van der Waals surface area contributed by atoms with Crippen molar-refractivity contribution >= 4 is 11.4 Å². The van der Waals surface area contributed by atoms with Crippen LogP contribution in [0.5, 0.6) is 0 Å². The zero-order chi connectivity index (χ0) is 16.2. The molecule has 0 radical (unpaired) electrons. The minimum absolute atomic E-state index is 0.0925. The Bertz CT molecular complexity index is 671. The summed E-state index contributed by atoms with van der Waals surface area (Å²) < 4.78 is 7.71. The fraction of sp³-hybridized carbons (Fsp3) is 0.500. The number of rotatable bonds is 6. The van der Waals surface area contributed by atoms with Crippen molar-refractivity contribution in [1.82, 2.24) is 19.4 Å². The number of pyridine rings is 1. The second kappa shape index (κ2) is 7.08. The standard InChI is InChI=1S/C16H23N5O2/c1-19(12-16(17)22)10-14-11-20(6-7-23-14)9-13-8-18-21-5-3-2-4-15(13)21/h2-5,8,14H,6-7,9-12H2,1H3,(H2,17,22)/t14-/m0/s1. The Morgan fingerprint density at radius 2 is 2.39 bits per heavy atom. The summed E-state index contributed by atoms with van der Waals surface area (Å²) in [6.45, 7) is 4.26. The maximum absolute atomic E-state index is 11.0. The maximum Gasteiger partial charge on any atom is 0.231 e. The van der Waals surface area contributed by atoms with Gasteiger partial charge in [0.15, 0.2) is 0 Å². The summed E-state index contributed by atoms with van der Waals surface area (Å²) in [5.74, 6) is -0.313. The van der Waals surface area contributed by atoms with Gasteiger partial charge in [0.2, 0.25) is 5.91 Å². The molecule has 1 fully saturated rings. The van der Waals surface area contributed by atoms with Gasteiger partial charge in [0, 0.05) is 37.9 Å². The number of morpholine rings is 1. The van der Waals surface area contributed by atoms with Crippen LogP contribution >= 0.6 is 0 Å². The third-order valence-corrected chi connectivity index (χ3v) is 4.06. The van der Waals surface area contributed by atoms with Crippen LogP contribution < -0.4 is 5.73 Å². The molecule has 0 aliphatic carbocycles. The summed E-state index contributed by atoms with van der Waals surface area (Å²) >= 11 is 0. The molecule has 0 aromatic carbocycles. The van der Waals surface area contributed by atoms with Crippen LogP contribution in [-0.2, 0) is 16.1 Å². The number of hydrogen-bond donors (Lipinski definition) is 1. The van der Waals surface area contributed by atoms with Crippen molar-refractivity contribution in [2.24, 2.45) is 5.73 Å². The molecule has 2 N–H and O–H groups in total. The molecule has 2 aromatic rings. The zero-order valence-corrected chi connectivity index (χ0v) is 13.4. The second-order valence-corrected chi connectivity index (χ2v) is 6.09. The molecule has 124 valence electrons. The molecule has 1 aliphatic rings. The molecule has 0 bridgehead atoms. The minimum atomic E-state index is -0.313. The highest BCUT2D eigenvalue weighted by Gasteiger charge is 2.23. The summed E-state index contributed by atoms with van der Waals surface area (Å²) in [5.41, 5.74) is 7.59. The lowest BCUT2D eigenvalue weighted by Crippen LogP contribution is -2.47. The monoisotopic (exact) mass is 317 g/mol. The normalized spacial score (nSPS) is 19.5. The number of aromatic nitrogens is 2. The molecule has 0 saturated carbocycles. The van der Waals surface area contributed by atoms with Gasteiger partial charge in [-0.25, -0.2) is 4.52 Å². The van der Waals surface area contributed by atoms with Crippen molar-refractivity contribution in [3.63, 3.8) is 0 Å².